The second-order valence-electron chi connectivity index (χ2n) is 5.14. The van der Waals surface area contributed by atoms with Crippen molar-refractivity contribution in [2.24, 2.45) is 11.8 Å². The number of hydrogen-bond donors (Lipinski definition) is 0. The van der Waals surface area contributed by atoms with Crippen molar-refractivity contribution < 1.29 is 0 Å². The van der Waals surface area contributed by atoms with Crippen molar-refractivity contribution in [2.45, 2.75) is 12.8 Å². The van der Waals surface area contributed by atoms with E-state index in [1.807, 2.05) is 18.2 Å². The molecule has 3 rings (SSSR count). The first kappa shape index (κ1) is 11.6. The van der Waals surface area contributed by atoms with E-state index in [1.54, 1.807) is 0 Å². The maximum absolute atomic E-state index is 8.89. The van der Waals surface area contributed by atoms with E-state index < -0.39 is 0 Å². The van der Waals surface area contributed by atoms with Gasteiger partial charge in [0.25, 0.3) is 0 Å². The highest BCUT2D eigenvalue weighted by atomic mass is 35.5. The van der Waals surface area contributed by atoms with Crippen molar-refractivity contribution in [3.8, 4) is 6.07 Å². The third-order valence-corrected chi connectivity index (χ3v) is 4.37. The third kappa shape index (κ3) is 2.00. The minimum atomic E-state index is 0.554. The highest BCUT2D eigenvalue weighted by Crippen LogP contribution is 2.36. The van der Waals surface area contributed by atoms with Crippen LogP contribution >= 0.6 is 11.6 Å². The van der Waals surface area contributed by atoms with E-state index in [-0.39, 0.29) is 0 Å². The topological polar surface area (TPSA) is 27.0 Å². The van der Waals surface area contributed by atoms with Crippen molar-refractivity contribution in [2.75, 3.05) is 18.0 Å². The summed E-state index contributed by atoms with van der Waals surface area (Å²) in [5.74, 6) is 1.56. The van der Waals surface area contributed by atoms with Crippen LogP contribution in [0.15, 0.2) is 30.4 Å². The summed E-state index contributed by atoms with van der Waals surface area (Å²) in [5.41, 5.74) is 1.70. The number of benzene rings is 1. The third-order valence-electron chi connectivity index (χ3n) is 4.06. The van der Waals surface area contributed by atoms with Crippen LogP contribution in [0.25, 0.3) is 0 Å². The lowest BCUT2D eigenvalue weighted by atomic mass is 9.86. The zero-order chi connectivity index (χ0) is 12.5. The largest absolute Gasteiger partial charge is 0.371 e. The second kappa shape index (κ2) is 4.66. The molecule has 3 heteroatoms. The van der Waals surface area contributed by atoms with Gasteiger partial charge in [-0.15, -0.1) is 0 Å². The molecule has 0 radical (unpaired) electrons. The minimum absolute atomic E-state index is 0.554. The summed E-state index contributed by atoms with van der Waals surface area (Å²) in [5, 5.41) is 9.45. The monoisotopic (exact) mass is 258 g/mol. The number of hydrogen-bond acceptors (Lipinski definition) is 2. The molecule has 0 amide bonds. The van der Waals surface area contributed by atoms with Crippen molar-refractivity contribution in [3.63, 3.8) is 0 Å². The van der Waals surface area contributed by atoms with Crippen LogP contribution < -0.4 is 4.90 Å². The molecule has 1 aliphatic carbocycles. The lowest BCUT2D eigenvalue weighted by Gasteiger charge is -2.18. The molecule has 2 aliphatic rings. The van der Waals surface area contributed by atoms with Crippen LogP contribution in [0, 0.1) is 23.2 Å². The van der Waals surface area contributed by atoms with Gasteiger partial charge in [-0.3, -0.25) is 0 Å². The van der Waals surface area contributed by atoms with Gasteiger partial charge in [-0.1, -0.05) is 23.8 Å². The van der Waals surface area contributed by atoms with Gasteiger partial charge in [-0.2, -0.15) is 5.26 Å². The summed E-state index contributed by atoms with van der Waals surface area (Å²) >= 11 is 6.10. The first-order valence-electron chi connectivity index (χ1n) is 6.37. The van der Waals surface area contributed by atoms with Crippen LogP contribution in [0.2, 0.25) is 5.02 Å². The Hall–Kier alpha value is -1.46. The average molecular weight is 259 g/mol. The van der Waals surface area contributed by atoms with Gasteiger partial charge in [0.05, 0.1) is 10.6 Å². The molecule has 0 saturated carbocycles. The van der Waals surface area contributed by atoms with E-state index in [0.29, 0.717) is 10.6 Å². The Balaban J connectivity index is 1.81. The van der Waals surface area contributed by atoms with Crippen LogP contribution in [0.5, 0.6) is 0 Å². The van der Waals surface area contributed by atoms with Gasteiger partial charge in [0.15, 0.2) is 0 Å². The average Bonchev–Trinajstić information content (AvgIpc) is 2.82. The van der Waals surface area contributed by atoms with Crippen LogP contribution in [0.4, 0.5) is 5.69 Å². The van der Waals surface area contributed by atoms with Gasteiger partial charge < -0.3 is 4.90 Å². The fourth-order valence-electron chi connectivity index (χ4n) is 3.02. The smallest absolute Gasteiger partial charge is 0.101 e. The summed E-state index contributed by atoms with van der Waals surface area (Å²) in [4.78, 5) is 2.40. The Bertz CT molecular complexity index is 514. The number of halogens is 1. The normalized spacial score (nSPS) is 25.9. The molecular weight excluding hydrogens is 244 g/mol. The quantitative estimate of drug-likeness (QED) is 0.720. The predicted molar refractivity (Wildman–Crippen MR) is 73.7 cm³/mol. The molecule has 2 unspecified atom stereocenters. The van der Waals surface area contributed by atoms with Gasteiger partial charge in [0.1, 0.15) is 6.07 Å². The molecule has 92 valence electrons. The van der Waals surface area contributed by atoms with Crippen molar-refractivity contribution in [1.29, 1.82) is 5.26 Å². The second-order valence-corrected chi connectivity index (χ2v) is 5.55. The highest BCUT2D eigenvalue weighted by Gasteiger charge is 2.32. The molecule has 1 fully saturated rings. The van der Waals surface area contributed by atoms with Crippen molar-refractivity contribution in [3.05, 3.63) is 40.9 Å². The molecular formula is C15H15ClN2. The highest BCUT2D eigenvalue weighted by molar-refractivity contribution is 6.32. The van der Waals surface area contributed by atoms with Gasteiger partial charge in [-0.25, -0.2) is 0 Å². The molecule has 2 atom stereocenters. The lowest BCUT2D eigenvalue weighted by Crippen LogP contribution is -2.19. The summed E-state index contributed by atoms with van der Waals surface area (Å²) in [7, 11) is 0. The van der Waals surface area contributed by atoms with Gasteiger partial charge in [0.2, 0.25) is 0 Å². The Morgan fingerprint density at radius 1 is 1.17 bits per heavy atom. The fraction of sp³-hybridized carbons (Fsp3) is 0.400. The molecule has 0 N–H and O–H groups in total. The SMILES string of the molecule is N#Cc1ccc(N2CC3CC=CCC3C2)cc1Cl. The number of anilines is 1. The molecule has 1 aromatic rings. The van der Waals surface area contributed by atoms with Gasteiger partial charge >= 0.3 is 0 Å². The minimum Gasteiger partial charge on any atom is -0.371 e. The number of nitriles is 1. The maximum atomic E-state index is 8.89. The molecule has 1 heterocycles. The first-order chi connectivity index (χ1) is 8.78. The Morgan fingerprint density at radius 2 is 1.83 bits per heavy atom. The summed E-state index contributed by atoms with van der Waals surface area (Å²) < 4.78 is 0. The van der Waals surface area contributed by atoms with Gasteiger partial charge in [0, 0.05) is 18.8 Å². The number of nitrogens with zero attached hydrogens (tertiary/aromatic N) is 2. The lowest BCUT2D eigenvalue weighted by molar-refractivity contribution is 0.411. The zero-order valence-electron chi connectivity index (χ0n) is 10.1. The summed E-state index contributed by atoms with van der Waals surface area (Å²) in [6.07, 6.45) is 7.00. The van der Waals surface area contributed by atoms with E-state index in [0.717, 1.165) is 30.6 Å². The van der Waals surface area contributed by atoms with E-state index >= 15 is 0 Å². The molecule has 1 saturated heterocycles. The molecule has 0 spiro atoms. The summed E-state index contributed by atoms with van der Waals surface area (Å²) in [6.45, 7) is 2.22. The molecule has 18 heavy (non-hydrogen) atoms. The van der Waals surface area contributed by atoms with Crippen molar-refractivity contribution in [1.82, 2.24) is 0 Å². The van der Waals surface area contributed by atoms with Crippen LogP contribution in [0.1, 0.15) is 18.4 Å². The number of rotatable bonds is 1. The van der Waals surface area contributed by atoms with E-state index in [4.69, 9.17) is 16.9 Å². The number of allylic oxidation sites excluding steroid dienone is 2. The maximum Gasteiger partial charge on any atom is 0.101 e. The standard InChI is InChI=1S/C15H15ClN2/c16-15-7-14(6-5-11(15)8-17)18-9-12-3-1-2-4-13(12)10-18/h1-2,5-7,12-13H,3-4,9-10H2. The molecule has 0 aromatic heterocycles. The molecule has 1 aromatic carbocycles. The Kier molecular flexibility index (Phi) is 3.01. The summed E-state index contributed by atoms with van der Waals surface area (Å²) in [6, 6.07) is 7.85. The van der Waals surface area contributed by atoms with E-state index in [9.17, 15) is 0 Å². The number of fused-ring (bicyclic) bond motifs is 1. The predicted octanol–water partition coefficient (Wildman–Crippen LogP) is 3.61. The molecule has 1 aliphatic heterocycles. The zero-order valence-corrected chi connectivity index (χ0v) is 10.9. The van der Waals surface area contributed by atoms with Crippen molar-refractivity contribution >= 4 is 17.3 Å². The Morgan fingerprint density at radius 3 is 2.39 bits per heavy atom. The van der Waals surface area contributed by atoms with Gasteiger partial charge in [-0.05, 0) is 42.9 Å². The van der Waals surface area contributed by atoms with Crippen LogP contribution in [-0.2, 0) is 0 Å². The molecule has 0 bridgehead atoms. The molecule has 2 nitrogen and oxygen atoms in total. The van der Waals surface area contributed by atoms with E-state index in [2.05, 4.69) is 23.1 Å². The Labute approximate surface area is 112 Å². The van der Waals surface area contributed by atoms with E-state index in [1.165, 1.54) is 12.8 Å². The van der Waals surface area contributed by atoms with Crippen LogP contribution in [0.3, 0.4) is 0 Å². The van der Waals surface area contributed by atoms with Crippen LogP contribution in [-0.4, -0.2) is 13.1 Å². The fourth-order valence-corrected chi connectivity index (χ4v) is 3.23. The first-order valence-corrected chi connectivity index (χ1v) is 6.75.